The van der Waals surface area contributed by atoms with Crippen molar-refractivity contribution in [1.29, 1.82) is 0 Å². The van der Waals surface area contributed by atoms with E-state index in [4.69, 9.17) is 5.11 Å². The maximum Gasteiger partial charge on any atom is 0.304 e. The van der Waals surface area contributed by atoms with Crippen LogP contribution in [0.25, 0.3) is 0 Å². The van der Waals surface area contributed by atoms with Gasteiger partial charge >= 0.3 is 5.97 Å². The molecule has 0 fully saturated rings. The molecule has 1 amide bonds. The number of anilines is 1. The number of carbonyl (C=O) groups excluding carboxylic acids is 1. The molecule has 0 aliphatic rings. The van der Waals surface area contributed by atoms with Gasteiger partial charge in [0.25, 0.3) is 0 Å². The van der Waals surface area contributed by atoms with Crippen molar-refractivity contribution in [1.82, 2.24) is 0 Å². The topological polar surface area (TPSA) is 66.4 Å². The van der Waals surface area contributed by atoms with Crippen molar-refractivity contribution in [2.75, 3.05) is 11.1 Å². The fourth-order valence-corrected chi connectivity index (χ4v) is 2.79. The minimum Gasteiger partial charge on any atom is -0.481 e. The summed E-state index contributed by atoms with van der Waals surface area (Å²) >= 11 is 4.72. The van der Waals surface area contributed by atoms with Crippen LogP contribution in [-0.4, -0.2) is 28.0 Å². The third kappa shape index (κ3) is 6.11. The summed E-state index contributed by atoms with van der Waals surface area (Å²) in [6.07, 6.45) is 0.0617. The third-order valence-electron chi connectivity index (χ3n) is 2.36. The predicted octanol–water partition coefficient (Wildman–Crippen LogP) is 3.29. The van der Waals surface area contributed by atoms with E-state index in [1.54, 1.807) is 6.92 Å². The van der Waals surface area contributed by atoms with E-state index < -0.39 is 5.97 Å². The molecule has 0 saturated carbocycles. The molecular formula is C13H16BrNO3S. The first-order chi connectivity index (χ1) is 8.88. The highest BCUT2D eigenvalue weighted by molar-refractivity contribution is 9.10. The average molecular weight is 346 g/mol. The Morgan fingerprint density at radius 1 is 1.47 bits per heavy atom. The second-order valence-corrected chi connectivity index (χ2v) is 6.53. The smallest absolute Gasteiger partial charge is 0.304 e. The zero-order valence-corrected chi connectivity index (χ0v) is 13.2. The summed E-state index contributed by atoms with van der Waals surface area (Å²) in [5.74, 6) is -0.733. The number of nitrogens with one attached hydrogen (secondary N) is 1. The van der Waals surface area contributed by atoms with Crippen molar-refractivity contribution in [3.63, 3.8) is 0 Å². The molecule has 6 heteroatoms. The number of hydrogen-bond acceptors (Lipinski definition) is 3. The number of halogens is 1. The molecule has 19 heavy (non-hydrogen) atoms. The highest BCUT2D eigenvalue weighted by atomic mass is 79.9. The number of aliphatic carboxylic acids is 1. The van der Waals surface area contributed by atoms with Gasteiger partial charge in [0.15, 0.2) is 0 Å². The molecule has 0 heterocycles. The molecule has 0 radical (unpaired) electrons. The van der Waals surface area contributed by atoms with Gasteiger partial charge < -0.3 is 10.4 Å². The molecule has 1 aromatic carbocycles. The molecule has 0 saturated heterocycles. The SMILES string of the molecule is Cc1ccc(NC(=O)CSC(C)CC(=O)O)c(Br)c1. The second kappa shape index (κ2) is 7.55. The van der Waals surface area contributed by atoms with Crippen LogP contribution in [0.1, 0.15) is 18.9 Å². The lowest BCUT2D eigenvalue weighted by Crippen LogP contribution is -2.17. The van der Waals surface area contributed by atoms with Gasteiger partial charge in [-0.15, -0.1) is 11.8 Å². The maximum atomic E-state index is 11.7. The molecule has 0 aliphatic carbocycles. The Balaban J connectivity index is 2.45. The summed E-state index contributed by atoms with van der Waals surface area (Å²) in [5.41, 5.74) is 1.83. The molecule has 2 N–H and O–H groups in total. The minimum atomic E-state index is -0.846. The molecule has 0 aliphatic heterocycles. The van der Waals surface area contributed by atoms with Crippen LogP contribution in [0.15, 0.2) is 22.7 Å². The number of amides is 1. The van der Waals surface area contributed by atoms with Crippen LogP contribution in [0.2, 0.25) is 0 Å². The Morgan fingerprint density at radius 2 is 2.16 bits per heavy atom. The van der Waals surface area contributed by atoms with Gasteiger partial charge in [-0.3, -0.25) is 9.59 Å². The number of carbonyl (C=O) groups is 2. The van der Waals surface area contributed by atoms with Crippen molar-refractivity contribution >= 4 is 45.3 Å². The van der Waals surface area contributed by atoms with Crippen LogP contribution in [0.3, 0.4) is 0 Å². The molecule has 0 bridgehead atoms. The van der Waals surface area contributed by atoms with E-state index in [-0.39, 0.29) is 23.3 Å². The summed E-state index contributed by atoms with van der Waals surface area (Å²) in [4.78, 5) is 22.2. The van der Waals surface area contributed by atoms with E-state index in [2.05, 4.69) is 21.2 Å². The van der Waals surface area contributed by atoms with Crippen molar-refractivity contribution in [3.05, 3.63) is 28.2 Å². The second-order valence-electron chi connectivity index (χ2n) is 4.25. The highest BCUT2D eigenvalue weighted by Gasteiger charge is 2.11. The Labute approximate surface area is 125 Å². The molecule has 104 valence electrons. The first-order valence-corrected chi connectivity index (χ1v) is 7.62. The molecule has 4 nitrogen and oxygen atoms in total. The van der Waals surface area contributed by atoms with Crippen molar-refractivity contribution in [2.24, 2.45) is 0 Å². The van der Waals surface area contributed by atoms with Crippen LogP contribution in [0, 0.1) is 6.92 Å². The van der Waals surface area contributed by atoms with Gasteiger partial charge in [-0.05, 0) is 40.5 Å². The Morgan fingerprint density at radius 3 is 2.74 bits per heavy atom. The normalized spacial score (nSPS) is 11.9. The molecule has 0 spiro atoms. The summed E-state index contributed by atoms with van der Waals surface area (Å²) in [6, 6.07) is 5.68. The lowest BCUT2D eigenvalue weighted by molar-refractivity contribution is -0.136. The summed E-state index contributed by atoms with van der Waals surface area (Å²) in [7, 11) is 0. The fourth-order valence-electron chi connectivity index (χ4n) is 1.43. The van der Waals surface area contributed by atoms with E-state index >= 15 is 0 Å². The average Bonchev–Trinajstić information content (AvgIpc) is 2.29. The standard InChI is InChI=1S/C13H16BrNO3S/c1-8-3-4-11(10(14)5-8)15-12(16)7-19-9(2)6-13(17)18/h3-5,9H,6-7H2,1-2H3,(H,15,16)(H,17,18). The number of rotatable bonds is 6. The van der Waals surface area contributed by atoms with E-state index in [0.29, 0.717) is 0 Å². The molecule has 1 atom stereocenters. The Hall–Kier alpha value is -1.01. The van der Waals surface area contributed by atoms with Gasteiger partial charge in [0.2, 0.25) is 5.91 Å². The Bertz CT molecular complexity index is 479. The molecular weight excluding hydrogens is 330 g/mol. The number of carboxylic acid groups (broad SMARTS) is 1. The van der Waals surface area contributed by atoms with Crippen molar-refractivity contribution in [2.45, 2.75) is 25.5 Å². The predicted molar refractivity (Wildman–Crippen MR) is 81.7 cm³/mol. The van der Waals surface area contributed by atoms with E-state index in [0.717, 1.165) is 15.7 Å². The van der Waals surface area contributed by atoms with Gasteiger partial charge in [0.1, 0.15) is 0 Å². The first kappa shape index (κ1) is 16.0. The van der Waals surface area contributed by atoms with Crippen molar-refractivity contribution in [3.8, 4) is 0 Å². The largest absolute Gasteiger partial charge is 0.481 e. The van der Waals surface area contributed by atoms with Crippen LogP contribution in [0.5, 0.6) is 0 Å². The molecule has 1 unspecified atom stereocenters. The summed E-state index contributed by atoms with van der Waals surface area (Å²) < 4.78 is 0.837. The molecule has 1 rings (SSSR count). The van der Waals surface area contributed by atoms with Gasteiger partial charge in [-0.25, -0.2) is 0 Å². The summed E-state index contributed by atoms with van der Waals surface area (Å²) in [6.45, 7) is 3.77. The number of thioether (sulfide) groups is 1. The third-order valence-corrected chi connectivity index (χ3v) is 4.18. The van der Waals surface area contributed by atoms with Crippen LogP contribution in [0.4, 0.5) is 5.69 Å². The lowest BCUT2D eigenvalue weighted by Gasteiger charge is -2.10. The minimum absolute atomic E-state index is 0.0617. The van der Waals surface area contributed by atoms with E-state index in [1.165, 1.54) is 11.8 Å². The van der Waals surface area contributed by atoms with Gasteiger partial charge in [-0.1, -0.05) is 13.0 Å². The van der Waals surface area contributed by atoms with Gasteiger partial charge in [0, 0.05) is 9.72 Å². The quantitative estimate of drug-likeness (QED) is 0.830. The maximum absolute atomic E-state index is 11.7. The highest BCUT2D eigenvalue weighted by Crippen LogP contribution is 2.24. The summed E-state index contributed by atoms with van der Waals surface area (Å²) in [5, 5.41) is 11.3. The zero-order valence-electron chi connectivity index (χ0n) is 10.8. The van der Waals surface area contributed by atoms with Gasteiger partial charge in [-0.2, -0.15) is 0 Å². The molecule has 0 aromatic heterocycles. The zero-order chi connectivity index (χ0) is 14.4. The molecule has 1 aromatic rings. The van der Waals surface area contributed by atoms with Crippen molar-refractivity contribution < 1.29 is 14.7 Å². The van der Waals surface area contributed by atoms with Crippen LogP contribution in [-0.2, 0) is 9.59 Å². The first-order valence-electron chi connectivity index (χ1n) is 5.78. The number of carboxylic acids is 1. The number of aryl methyl sites for hydroxylation is 1. The van der Waals surface area contributed by atoms with Crippen LogP contribution < -0.4 is 5.32 Å². The van der Waals surface area contributed by atoms with Gasteiger partial charge in [0.05, 0.1) is 17.9 Å². The lowest BCUT2D eigenvalue weighted by atomic mass is 10.2. The number of benzene rings is 1. The number of hydrogen-bond donors (Lipinski definition) is 2. The monoisotopic (exact) mass is 345 g/mol. The van der Waals surface area contributed by atoms with Crippen LogP contribution >= 0.6 is 27.7 Å². The Kier molecular flexibility index (Phi) is 6.37. The van der Waals surface area contributed by atoms with E-state index in [1.807, 2.05) is 25.1 Å². The fraction of sp³-hybridized carbons (Fsp3) is 0.385. The van der Waals surface area contributed by atoms with E-state index in [9.17, 15) is 9.59 Å².